The lowest BCUT2D eigenvalue weighted by Crippen LogP contribution is -2.12. The van der Waals surface area contributed by atoms with Crippen LogP contribution in [0, 0.1) is 0 Å². The Bertz CT molecular complexity index is 332. The van der Waals surface area contributed by atoms with Crippen molar-refractivity contribution in [2.24, 2.45) is 0 Å². The smallest absolute Gasteiger partial charge is 0.103 e. The molecule has 0 saturated heterocycles. The van der Waals surface area contributed by atoms with Crippen molar-refractivity contribution in [1.29, 1.82) is 0 Å². The van der Waals surface area contributed by atoms with Crippen molar-refractivity contribution in [1.82, 2.24) is 10.3 Å². The van der Waals surface area contributed by atoms with Crippen LogP contribution in [0.25, 0.3) is 0 Å². The molecular formula is C14H24N2S2. The highest BCUT2D eigenvalue weighted by atomic mass is 32.2. The molecule has 1 N–H and O–H groups in total. The van der Waals surface area contributed by atoms with E-state index in [1.165, 1.54) is 48.4 Å². The van der Waals surface area contributed by atoms with Crippen LogP contribution in [-0.2, 0) is 12.3 Å². The third kappa shape index (κ3) is 4.90. The van der Waals surface area contributed by atoms with Crippen LogP contribution < -0.4 is 5.32 Å². The first-order valence-electron chi connectivity index (χ1n) is 7.14. The number of rotatable bonds is 7. The first kappa shape index (κ1) is 14.4. The van der Waals surface area contributed by atoms with Crippen LogP contribution in [-0.4, -0.2) is 16.8 Å². The Morgan fingerprint density at radius 3 is 3.00 bits per heavy atom. The zero-order valence-corrected chi connectivity index (χ0v) is 12.9. The lowest BCUT2D eigenvalue weighted by atomic mass is 10.0. The summed E-state index contributed by atoms with van der Waals surface area (Å²) in [5, 5.41) is 5.63. The molecule has 4 heteroatoms. The second-order valence-corrected chi connectivity index (χ2v) is 7.46. The molecule has 0 aromatic carbocycles. The fourth-order valence-corrected chi connectivity index (χ4v) is 4.55. The molecular weight excluding hydrogens is 260 g/mol. The predicted octanol–water partition coefficient (Wildman–Crippen LogP) is 4.21. The van der Waals surface area contributed by atoms with Crippen LogP contribution in [0.5, 0.6) is 0 Å². The number of hydrogen-bond donors (Lipinski definition) is 1. The van der Waals surface area contributed by atoms with Gasteiger partial charge in [-0.15, -0.1) is 11.3 Å². The first-order valence-corrected chi connectivity index (χ1v) is 9.01. The number of nitrogens with zero attached hydrogens (tertiary/aromatic N) is 1. The molecule has 1 aliphatic rings. The van der Waals surface area contributed by atoms with Gasteiger partial charge in [-0.3, -0.25) is 0 Å². The summed E-state index contributed by atoms with van der Waals surface area (Å²) in [4.78, 5) is 5.91. The predicted molar refractivity (Wildman–Crippen MR) is 82.3 cm³/mol. The topological polar surface area (TPSA) is 24.9 Å². The van der Waals surface area contributed by atoms with Gasteiger partial charge in [0.2, 0.25) is 0 Å². The molecule has 1 aromatic heterocycles. The maximum atomic E-state index is 4.54. The van der Waals surface area contributed by atoms with E-state index in [2.05, 4.69) is 29.0 Å². The number of aromatic nitrogens is 1. The lowest BCUT2D eigenvalue weighted by Gasteiger charge is -2.20. The maximum Gasteiger partial charge on any atom is 0.103 e. The van der Waals surface area contributed by atoms with Gasteiger partial charge in [0, 0.05) is 28.6 Å². The molecule has 2 rings (SSSR count). The minimum absolute atomic E-state index is 0.893. The van der Waals surface area contributed by atoms with Gasteiger partial charge in [0.1, 0.15) is 5.01 Å². The van der Waals surface area contributed by atoms with Crippen molar-refractivity contribution >= 4 is 23.1 Å². The Hall–Kier alpha value is -0.0600. The van der Waals surface area contributed by atoms with E-state index >= 15 is 0 Å². The summed E-state index contributed by atoms with van der Waals surface area (Å²) in [6.45, 7) is 4.29. The van der Waals surface area contributed by atoms with Crippen molar-refractivity contribution in [3.8, 4) is 0 Å². The van der Waals surface area contributed by atoms with E-state index in [1.807, 2.05) is 17.5 Å². The van der Waals surface area contributed by atoms with Gasteiger partial charge in [0.05, 0.1) is 0 Å². The van der Waals surface area contributed by atoms with Crippen molar-refractivity contribution in [2.45, 2.75) is 63.0 Å². The molecule has 0 amide bonds. The summed E-state index contributed by atoms with van der Waals surface area (Å²) < 4.78 is 0. The van der Waals surface area contributed by atoms with E-state index in [9.17, 15) is 0 Å². The van der Waals surface area contributed by atoms with E-state index in [0.29, 0.717) is 0 Å². The number of thiazole rings is 1. The Labute approximate surface area is 119 Å². The standard InChI is InChI=1S/C14H24N2S2/c1-2-8-15-9-13-10-16-14(18-13)11-17-12-6-4-3-5-7-12/h10,12,15H,2-9,11H2,1H3. The summed E-state index contributed by atoms with van der Waals surface area (Å²) in [5.41, 5.74) is 0. The first-order chi connectivity index (χ1) is 8.88. The molecule has 18 heavy (non-hydrogen) atoms. The van der Waals surface area contributed by atoms with Gasteiger partial charge < -0.3 is 5.32 Å². The third-order valence-electron chi connectivity index (χ3n) is 3.32. The van der Waals surface area contributed by atoms with E-state index in [1.54, 1.807) is 0 Å². The molecule has 1 saturated carbocycles. The van der Waals surface area contributed by atoms with Crippen LogP contribution in [0.3, 0.4) is 0 Å². The summed E-state index contributed by atoms with van der Waals surface area (Å²) in [5.74, 6) is 1.11. The quantitative estimate of drug-likeness (QED) is 0.759. The Balaban J connectivity index is 1.69. The fraction of sp³-hybridized carbons (Fsp3) is 0.786. The number of nitrogens with one attached hydrogen (secondary N) is 1. The molecule has 2 nitrogen and oxygen atoms in total. The third-order valence-corrected chi connectivity index (χ3v) is 5.89. The second-order valence-electron chi connectivity index (χ2n) is 4.97. The molecule has 0 aliphatic heterocycles. The van der Waals surface area contributed by atoms with Crippen LogP contribution in [0.15, 0.2) is 6.20 Å². The van der Waals surface area contributed by atoms with Gasteiger partial charge >= 0.3 is 0 Å². The highest BCUT2D eigenvalue weighted by molar-refractivity contribution is 7.99. The van der Waals surface area contributed by atoms with Gasteiger partial charge in [0.15, 0.2) is 0 Å². The van der Waals surface area contributed by atoms with Crippen molar-refractivity contribution in [3.05, 3.63) is 16.1 Å². The Morgan fingerprint density at radius 1 is 1.39 bits per heavy atom. The van der Waals surface area contributed by atoms with Crippen LogP contribution in [0.4, 0.5) is 0 Å². The largest absolute Gasteiger partial charge is 0.312 e. The summed E-state index contributed by atoms with van der Waals surface area (Å²) >= 11 is 4.00. The molecule has 0 spiro atoms. The molecule has 1 aromatic rings. The zero-order chi connectivity index (χ0) is 12.6. The summed E-state index contributed by atoms with van der Waals surface area (Å²) in [6.07, 6.45) is 10.4. The molecule has 1 heterocycles. The molecule has 0 unspecified atom stereocenters. The van der Waals surface area contributed by atoms with Crippen molar-refractivity contribution < 1.29 is 0 Å². The van der Waals surface area contributed by atoms with E-state index in [0.717, 1.165) is 24.1 Å². The maximum absolute atomic E-state index is 4.54. The summed E-state index contributed by atoms with van der Waals surface area (Å²) in [7, 11) is 0. The zero-order valence-electron chi connectivity index (χ0n) is 11.3. The second kappa shape index (κ2) is 8.18. The molecule has 102 valence electrons. The van der Waals surface area contributed by atoms with Crippen LogP contribution in [0.2, 0.25) is 0 Å². The average molecular weight is 284 g/mol. The fourth-order valence-electron chi connectivity index (χ4n) is 2.31. The van der Waals surface area contributed by atoms with E-state index < -0.39 is 0 Å². The lowest BCUT2D eigenvalue weighted by molar-refractivity contribution is 0.516. The summed E-state index contributed by atoms with van der Waals surface area (Å²) in [6, 6.07) is 0. The molecule has 0 radical (unpaired) electrons. The van der Waals surface area contributed by atoms with Gasteiger partial charge in [0.25, 0.3) is 0 Å². The van der Waals surface area contributed by atoms with E-state index in [4.69, 9.17) is 0 Å². The normalized spacial score (nSPS) is 17.2. The Morgan fingerprint density at radius 2 is 2.22 bits per heavy atom. The van der Waals surface area contributed by atoms with Gasteiger partial charge in [-0.05, 0) is 25.8 Å². The number of thioether (sulfide) groups is 1. The van der Waals surface area contributed by atoms with Crippen molar-refractivity contribution in [3.63, 3.8) is 0 Å². The highest BCUT2D eigenvalue weighted by Crippen LogP contribution is 2.31. The molecule has 1 fully saturated rings. The highest BCUT2D eigenvalue weighted by Gasteiger charge is 2.14. The van der Waals surface area contributed by atoms with Gasteiger partial charge in [-0.25, -0.2) is 4.98 Å². The molecule has 0 atom stereocenters. The average Bonchev–Trinajstić information content (AvgIpc) is 2.86. The van der Waals surface area contributed by atoms with Crippen LogP contribution >= 0.6 is 23.1 Å². The van der Waals surface area contributed by atoms with Gasteiger partial charge in [-0.1, -0.05) is 26.2 Å². The van der Waals surface area contributed by atoms with E-state index in [-0.39, 0.29) is 0 Å². The molecule has 0 bridgehead atoms. The van der Waals surface area contributed by atoms with Crippen LogP contribution in [0.1, 0.15) is 55.3 Å². The molecule has 1 aliphatic carbocycles. The minimum Gasteiger partial charge on any atom is -0.312 e. The monoisotopic (exact) mass is 284 g/mol. The SMILES string of the molecule is CCCNCc1cnc(CSC2CCCCC2)s1. The number of hydrogen-bond acceptors (Lipinski definition) is 4. The minimum atomic E-state index is 0.893. The van der Waals surface area contributed by atoms with Gasteiger partial charge in [-0.2, -0.15) is 11.8 Å². The Kier molecular flexibility index (Phi) is 6.52. The van der Waals surface area contributed by atoms with Crippen molar-refractivity contribution in [2.75, 3.05) is 6.54 Å².